The van der Waals surface area contributed by atoms with Crippen LogP contribution in [0.15, 0.2) is 30.3 Å². The topological polar surface area (TPSA) is 98.7 Å². The van der Waals surface area contributed by atoms with Crippen LogP contribution < -0.4 is 10.6 Å². The van der Waals surface area contributed by atoms with Gasteiger partial charge in [-0.05, 0) is 31.2 Å². The Balaban J connectivity index is 1.55. The number of unbranched alkanes of at least 4 members (excludes halogenated alkanes) is 1. The molecule has 0 radical (unpaired) electrons. The van der Waals surface area contributed by atoms with Crippen molar-refractivity contribution in [3.8, 4) is 0 Å². The second kappa shape index (κ2) is 9.83. The minimum atomic E-state index is -0.578. The molecule has 7 nitrogen and oxygen atoms in total. The molecule has 2 bridgehead atoms. The fourth-order valence-corrected chi connectivity index (χ4v) is 7.84. The van der Waals surface area contributed by atoms with Crippen LogP contribution in [-0.2, 0) is 20.9 Å². The largest absolute Gasteiger partial charge is 0.396 e. The average Bonchev–Trinajstić information content (AvgIpc) is 3.44. The molecule has 3 heterocycles. The lowest BCUT2D eigenvalue weighted by atomic mass is 9.70. The number of fused-ring (bicyclic) bond motifs is 1. The third-order valence-electron chi connectivity index (χ3n) is 7.05. The molecule has 3 aliphatic heterocycles. The molecular weight excluding hydrogens is 426 g/mol. The Kier molecular flexibility index (Phi) is 7.10. The number of nitrogens with zero attached hydrogens (tertiary/aromatic N) is 1. The van der Waals surface area contributed by atoms with Gasteiger partial charge in [-0.1, -0.05) is 43.7 Å². The van der Waals surface area contributed by atoms with Crippen molar-refractivity contribution < 1.29 is 19.5 Å². The highest BCUT2D eigenvalue weighted by atomic mass is 32.2. The normalized spacial score (nSPS) is 30.4. The minimum absolute atomic E-state index is 0.0393. The van der Waals surface area contributed by atoms with Crippen molar-refractivity contribution in [3.05, 3.63) is 35.9 Å². The highest BCUT2D eigenvalue weighted by Crippen LogP contribution is 2.66. The molecule has 3 saturated heterocycles. The summed E-state index contributed by atoms with van der Waals surface area (Å²) in [6.45, 7) is 3.38. The van der Waals surface area contributed by atoms with E-state index >= 15 is 0 Å². The molecule has 1 aromatic rings. The number of hydrogen-bond donors (Lipinski definition) is 3. The molecule has 4 rings (SSSR count). The van der Waals surface area contributed by atoms with E-state index in [9.17, 15) is 19.5 Å². The van der Waals surface area contributed by atoms with Crippen molar-refractivity contribution in [2.75, 3.05) is 19.7 Å². The molecule has 32 heavy (non-hydrogen) atoms. The molecule has 1 spiro atoms. The van der Waals surface area contributed by atoms with Gasteiger partial charge < -0.3 is 20.6 Å². The zero-order chi connectivity index (χ0) is 22.7. The molecule has 2 unspecified atom stereocenters. The van der Waals surface area contributed by atoms with Gasteiger partial charge in [-0.2, -0.15) is 0 Å². The van der Waals surface area contributed by atoms with E-state index in [1.807, 2.05) is 30.3 Å². The van der Waals surface area contributed by atoms with Crippen molar-refractivity contribution >= 4 is 29.5 Å². The van der Waals surface area contributed by atoms with E-state index in [1.54, 1.807) is 16.7 Å². The van der Waals surface area contributed by atoms with Gasteiger partial charge in [-0.3, -0.25) is 14.4 Å². The smallest absolute Gasteiger partial charge is 0.244 e. The fraction of sp³-hybridized carbons (Fsp3) is 0.625. The van der Waals surface area contributed by atoms with Gasteiger partial charge in [0.05, 0.1) is 16.6 Å². The van der Waals surface area contributed by atoms with Crippen molar-refractivity contribution in [1.29, 1.82) is 0 Å². The summed E-state index contributed by atoms with van der Waals surface area (Å²) in [4.78, 5) is 41.8. The monoisotopic (exact) mass is 459 g/mol. The van der Waals surface area contributed by atoms with Crippen LogP contribution in [0.4, 0.5) is 0 Å². The van der Waals surface area contributed by atoms with Crippen molar-refractivity contribution in [1.82, 2.24) is 15.5 Å². The van der Waals surface area contributed by atoms with Gasteiger partial charge >= 0.3 is 0 Å². The summed E-state index contributed by atoms with van der Waals surface area (Å²) in [5.41, 5.74) is 1.02. The molecule has 174 valence electrons. The average molecular weight is 460 g/mol. The zero-order valence-electron chi connectivity index (χ0n) is 18.6. The summed E-state index contributed by atoms with van der Waals surface area (Å²) < 4.78 is -0.553. The predicted octanol–water partition coefficient (Wildman–Crippen LogP) is 1.69. The Morgan fingerprint density at radius 2 is 1.97 bits per heavy atom. The number of carbonyl (C=O) groups is 3. The predicted molar refractivity (Wildman–Crippen MR) is 124 cm³/mol. The van der Waals surface area contributed by atoms with Gasteiger partial charge in [0.2, 0.25) is 17.7 Å². The van der Waals surface area contributed by atoms with Gasteiger partial charge in [-0.15, -0.1) is 11.8 Å². The first-order chi connectivity index (χ1) is 15.5. The van der Waals surface area contributed by atoms with Crippen molar-refractivity contribution in [2.45, 2.75) is 61.6 Å². The molecule has 1 aromatic carbocycles. The number of aliphatic hydroxyl groups excluding tert-OH is 1. The van der Waals surface area contributed by atoms with Crippen LogP contribution in [0.25, 0.3) is 0 Å². The van der Waals surface area contributed by atoms with Crippen LogP contribution in [0.1, 0.15) is 44.6 Å². The van der Waals surface area contributed by atoms with Crippen LogP contribution >= 0.6 is 11.8 Å². The Bertz CT molecular complexity index is 851. The molecule has 8 heteroatoms. The molecule has 5 atom stereocenters. The lowest BCUT2D eigenvalue weighted by Gasteiger charge is -2.34. The van der Waals surface area contributed by atoms with E-state index in [2.05, 4.69) is 17.6 Å². The number of aliphatic hydroxyl groups is 1. The van der Waals surface area contributed by atoms with E-state index < -0.39 is 22.6 Å². The highest BCUT2D eigenvalue weighted by Gasteiger charge is 2.73. The molecule has 3 amide bonds. The van der Waals surface area contributed by atoms with E-state index in [0.717, 1.165) is 31.2 Å². The van der Waals surface area contributed by atoms with Crippen molar-refractivity contribution in [3.63, 3.8) is 0 Å². The summed E-state index contributed by atoms with van der Waals surface area (Å²) >= 11 is 1.68. The summed E-state index contributed by atoms with van der Waals surface area (Å²) in [6.07, 6.45) is 3.89. The quantitative estimate of drug-likeness (QED) is 0.463. The maximum atomic E-state index is 13.6. The third-order valence-corrected chi connectivity index (χ3v) is 9.00. The van der Waals surface area contributed by atoms with Crippen LogP contribution in [0.3, 0.4) is 0 Å². The number of hydrogen-bond acceptors (Lipinski definition) is 5. The minimum Gasteiger partial charge on any atom is -0.396 e. The lowest BCUT2D eigenvalue weighted by Crippen LogP contribution is -2.54. The van der Waals surface area contributed by atoms with Crippen LogP contribution in [0.5, 0.6) is 0 Å². The van der Waals surface area contributed by atoms with Gasteiger partial charge in [0.1, 0.15) is 6.04 Å². The number of rotatable bonds is 10. The maximum Gasteiger partial charge on any atom is 0.244 e. The SMILES string of the molecule is CCCCNC(=O)C1N(CCCO)C(=O)[C@@H]2[C@H](C(=O)NCc3ccccc3)[C@@H]3CCC12S3. The number of likely N-dealkylation sites (tertiary alicyclic amines) is 1. The van der Waals surface area contributed by atoms with Crippen molar-refractivity contribution in [2.24, 2.45) is 11.8 Å². The Morgan fingerprint density at radius 1 is 1.19 bits per heavy atom. The Hall–Kier alpha value is -2.06. The third kappa shape index (κ3) is 4.03. The fourth-order valence-electron chi connectivity index (χ4n) is 5.62. The number of nitrogens with one attached hydrogen (secondary N) is 2. The Labute approximate surface area is 193 Å². The van der Waals surface area contributed by atoms with Gasteiger partial charge in [0.25, 0.3) is 0 Å². The molecule has 0 aliphatic carbocycles. The molecule has 3 fully saturated rings. The van der Waals surface area contributed by atoms with E-state index in [-0.39, 0.29) is 29.6 Å². The lowest BCUT2D eigenvalue weighted by molar-refractivity contribution is -0.140. The second-order valence-electron chi connectivity index (χ2n) is 9.01. The second-order valence-corrected chi connectivity index (χ2v) is 10.6. The standard InChI is InChI=1S/C24H33N3O4S/c1-2-3-12-25-22(30)20-24-11-10-17(32-24)18(19(24)23(31)27(20)13-7-14-28)21(29)26-15-16-8-5-4-6-9-16/h4-6,8-9,17-20,28H,2-3,7,10-15H2,1H3,(H,25,30)(H,26,29)/t17-,18+,19-,20?,24?/m0/s1. The highest BCUT2D eigenvalue weighted by molar-refractivity contribution is 8.02. The maximum absolute atomic E-state index is 13.6. The summed E-state index contributed by atoms with van der Waals surface area (Å²) in [5.74, 6) is -1.23. The van der Waals surface area contributed by atoms with Gasteiger partial charge in [0, 0.05) is 31.5 Å². The molecule has 0 aromatic heterocycles. The summed E-state index contributed by atoms with van der Waals surface area (Å²) in [6, 6.07) is 9.16. The molecular formula is C24H33N3O4S. The number of benzene rings is 1. The summed E-state index contributed by atoms with van der Waals surface area (Å²) in [5, 5.41) is 15.5. The van der Waals surface area contributed by atoms with E-state index in [0.29, 0.717) is 26.1 Å². The number of thioether (sulfide) groups is 1. The number of carbonyl (C=O) groups excluding carboxylic acids is 3. The molecule has 3 aliphatic rings. The summed E-state index contributed by atoms with van der Waals surface area (Å²) in [7, 11) is 0. The first-order valence-electron chi connectivity index (χ1n) is 11.7. The Morgan fingerprint density at radius 3 is 2.69 bits per heavy atom. The van der Waals surface area contributed by atoms with Crippen LogP contribution in [0.2, 0.25) is 0 Å². The molecule has 3 N–H and O–H groups in total. The molecule has 0 saturated carbocycles. The van der Waals surface area contributed by atoms with Gasteiger partial charge in [0.15, 0.2) is 0 Å². The zero-order valence-corrected chi connectivity index (χ0v) is 19.4. The first-order valence-corrected chi connectivity index (χ1v) is 12.6. The van der Waals surface area contributed by atoms with Gasteiger partial charge in [-0.25, -0.2) is 0 Å². The van der Waals surface area contributed by atoms with Crippen LogP contribution in [0, 0.1) is 11.8 Å². The first kappa shape index (κ1) is 23.1. The van der Waals surface area contributed by atoms with Crippen LogP contribution in [-0.4, -0.2) is 63.5 Å². The number of amides is 3. The van der Waals surface area contributed by atoms with E-state index in [4.69, 9.17) is 0 Å². The van der Waals surface area contributed by atoms with E-state index in [1.165, 1.54) is 0 Å².